The van der Waals surface area contributed by atoms with Crippen LogP contribution in [0.25, 0.3) is 22.2 Å². The number of hydrogen-bond donors (Lipinski definition) is 1. The maximum atomic E-state index is 12.0. The van der Waals surface area contributed by atoms with E-state index in [1.165, 1.54) is 33.3 Å². The van der Waals surface area contributed by atoms with Gasteiger partial charge >= 0.3 is 5.97 Å². The minimum atomic E-state index is -0.0154. The van der Waals surface area contributed by atoms with Gasteiger partial charge in [-0.3, -0.25) is 4.79 Å². The van der Waals surface area contributed by atoms with Crippen LogP contribution >= 0.6 is 0 Å². The zero-order chi connectivity index (χ0) is 18.8. The molecule has 27 heavy (non-hydrogen) atoms. The smallest absolute Gasteiger partial charge is 0.308 e. The molecule has 1 N–H and O–H groups in total. The van der Waals surface area contributed by atoms with Crippen molar-refractivity contribution in [2.75, 3.05) is 6.61 Å². The molecule has 0 aliphatic heterocycles. The second-order valence-electron chi connectivity index (χ2n) is 7.60. The Kier molecular flexibility index (Phi) is 5.02. The summed E-state index contributed by atoms with van der Waals surface area (Å²) < 4.78 is 5.20. The number of esters is 1. The van der Waals surface area contributed by atoms with Crippen LogP contribution in [0.3, 0.4) is 0 Å². The normalized spacial score (nSPS) is 19.9. The van der Waals surface area contributed by atoms with Gasteiger partial charge in [0, 0.05) is 18.0 Å². The number of nitrogens with one attached hydrogen (secondary N) is 1. The molecule has 0 bridgehead atoms. The predicted octanol–water partition coefficient (Wildman–Crippen LogP) is 6.23. The highest BCUT2D eigenvalue weighted by Crippen LogP contribution is 2.38. The first-order chi connectivity index (χ1) is 13.2. The molecule has 0 atom stereocenters. The number of carbonyl (C=O) groups is 1. The quantitative estimate of drug-likeness (QED) is 0.559. The highest BCUT2D eigenvalue weighted by molar-refractivity contribution is 5.90. The molecule has 2 aromatic carbocycles. The second kappa shape index (κ2) is 7.59. The van der Waals surface area contributed by atoms with Gasteiger partial charge in [0.25, 0.3) is 0 Å². The van der Waals surface area contributed by atoms with E-state index in [-0.39, 0.29) is 13.3 Å². The number of H-pyrrole nitrogens is 1. The molecule has 1 aliphatic rings. The van der Waals surface area contributed by atoms with Gasteiger partial charge in [0.05, 0.1) is 12.5 Å². The Hall–Kier alpha value is -2.55. The van der Waals surface area contributed by atoms with E-state index in [4.69, 9.17) is 4.74 Å². The molecule has 1 saturated carbocycles. The lowest BCUT2D eigenvalue weighted by Gasteiger charge is -2.27. The van der Waals surface area contributed by atoms with Gasteiger partial charge in [0.1, 0.15) is 0 Å². The average Bonchev–Trinajstić information content (AvgIpc) is 3.05. The van der Waals surface area contributed by atoms with Gasteiger partial charge in [-0.2, -0.15) is 0 Å². The number of hydrogen-bond acceptors (Lipinski definition) is 2. The van der Waals surface area contributed by atoms with Crippen LogP contribution < -0.4 is 0 Å². The van der Waals surface area contributed by atoms with Crippen LogP contribution in [0.2, 0.25) is 0 Å². The number of para-hydroxylation sites is 1. The Bertz CT molecular complexity index is 954. The van der Waals surface area contributed by atoms with E-state index in [1.54, 1.807) is 0 Å². The number of aromatic nitrogens is 1. The Morgan fingerprint density at radius 1 is 1.11 bits per heavy atom. The van der Waals surface area contributed by atoms with Crippen LogP contribution in [0.1, 0.15) is 51.1 Å². The van der Waals surface area contributed by atoms with Crippen LogP contribution in [0.4, 0.5) is 0 Å². The molecule has 0 amide bonds. The summed E-state index contributed by atoms with van der Waals surface area (Å²) in [6.45, 7) is 4.54. The van der Waals surface area contributed by atoms with E-state index < -0.39 is 0 Å². The van der Waals surface area contributed by atoms with Crippen LogP contribution in [-0.4, -0.2) is 17.6 Å². The van der Waals surface area contributed by atoms with Crippen LogP contribution in [0, 0.1) is 12.8 Å². The zero-order valence-electron chi connectivity index (χ0n) is 16.1. The number of ether oxygens (including phenoxy) is 1. The summed E-state index contributed by atoms with van der Waals surface area (Å²) in [6, 6.07) is 17.4. The molecular weight excluding hydrogens is 334 g/mol. The average molecular weight is 364 g/mol. The van der Waals surface area contributed by atoms with Gasteiger partial charge in [-0.1, -0.05) is 36.4 Å². The van der Waals surface area contributed by atoms with Gasteiger partial charge in [-0.15, -0.1) is 0 Å². The minimum absolute atomic E-state index is 0. The number of carbonyl (C=O) groups excluding carboxylic acids is 1. The van der Waals surface area contributed by atoms with Crippen LogP contribution in [0.15, 0.2) is 48.5 Å². The molecule has 1 heterocycles. The van der Waals surface area contributed by atoms with Crippen molar-refractivity contribution in [1.82, 2.24) is 4.98 Å². The van der Waals surface area contributed by atoms with Crippen molar-refractivity contribution >= 4 is 16.9 Å². The summed E-state index contributed by atoms with van der Waals surface area (Å²) in [5.74, 6) is 0.596. The number of fused-ring (bicyclic) bond motifs is 1. The minimum Gasteiger partial charge on any atom is -0.466 e. The van der Waals surface area contributed by atoms with Gasteiger partial charge in [0.15, 0.2) is 0 Å². The maximum absolute atomic E-state index is 12.0. The molecule has 4 rings (SSSR count). The molecule has 3 nitrogen and oxygen atoms in total. The predicted molar refractivity (Wildman–Crippen MR) is 112 cm³/mol. The first-order valence-electron chi connectivity index (χ1n) is 10.0. The van der Waals surface area contributed by atoms with E-state index >= 15 is 0 Å². The first kappa shape index (κ1) is 17.8. The van der Waals surface area contributed by atoms with Gasteiger partial charge in [-0.25, -0.2) is 0 Å². The second-order valence-corrected chi connectivity index (χ2v) is 7.60. The summed E-state index contributed by atoms with van der Waals surface area (Å²) in [7, 11) is 0. The lowest BCUT2D eigenvalue weighted by molar-refractivity contribution is -0.149. The third kappa shape index (κ3) is 3.51. The number of benzene rings is 2. The molecule has 0 saturated heterocycles. The maximum Gasteiger partial charge on any atom is 0.308 e. The molecule has 3 heteroatoms. The lowest BCUT2D eigenvalue weighted by atomic mass is 9.78. The summed E-state index contributed by atoms with van der Waals surface area (Å²) >= 11 is 0. The van der Waals surface area contributed by atoms with Gasteiger partial charge in [-0.05, 0) is 74.3 Å². The summed E-state index contributed by atoms with van der Waals surface area (Å²) in [5.41, 5.74) is 6.32. The third-order valence-electron chi connectivity index (χ3n) is 5.96. The van der Waals surface area contributed by atoms with E-state index in [2.05, 4.69) is 60.4 Å². The van der Waals surface area contributed by atoms with E-state index in [0.717, 1.165) is 25.7 Å². The van der Waals surface area contributed by atoms with Crippen LogP contribution in [0.5, 0.6) is 0 Å². The van der Waals surface area contributed by atoms with E-state index in [1.807, 2.05) is 6.92 Å². The molecule has 0 radical (unpaired) electrons. The molecule has 1 aromatic heterocycles. The van der Waals surface area contributed by atoms with Gasteiger partial charge < -0.3 is 9.72 Å². The fourth-order valence-corrected chi connectivity index (χ4v) is 4.44. The SMILES string of the molecule is CCOC(=O)C1CCC(c2cccc(-c3[nH]c4ccccc4c3C)c2)CC1.[HH]. The summed E-state index contributed by atoms with van der Waals surface area (Å²) in [6.07, 6.45) is 3.97. The largest absolute Gasteiger partial charge is 0.466 e. The third-order valence-corrected chi connectivity index (χ3v) is 5.96. The first-order valence-corrected chi connectivity index (χ1v) is 10.0. The molecule has 0 spiro atoms. The summed E-state index contributed by atoms with van der Waals surface area (Å²) in [5, 5.41) is 1.29. The summed E-state index contributed by atoms with van der Waals surface area (Å²) in [4.78, 5) is 15.6. The standard InChI is InChI=1S/C24H27NO2.H2/c1-3-27-24(26)18-13-11-17(12-14-18)19-7-6-8-20(15-19)23-16(2)21-9-4-5-10-22(21)25-23;/h4-10,15,17-18,25H,3,11-14H2,1-2H3;1H. The van der Waals surface area contributed by atoms with Crippen molar-refractivity contribution < 1.29 is 11.0 Å². The van der Waals surface area contributed by atoms with E-state index in [9.17, 15) is 4.79 Å². The van der Waals surface area contributed by atoms with E-state index in [0.29, 0.717) is 12.5 Å². The Morgan fingerprint density at radius 2 is 1.89 bits per heavy atom. The van der Waals surface area contributed by atoms with Crippen LogP contribution in [-0.2, 0) is 9.53 Å². The molecule has 142 valence electrons. The highest BCUT2D eigenvalue weighted by Gasteiger charge is 2.28. The Balaban J connectivity index is 0.00000225. The zero-order valence-corrected chi connectivity index (χ0v) is 16.1. The Labute approximate surface area is 162 Å². The number of aromatic amines is 1. The Morgan fingerprint density at radius 3 is 2.63 bits per heavy atom. The highest BCUT2D eigenvalue weighted by atomic mass is 16.5. The molecule has 1 aliphatic carbocycles. The molecule has 0 unspecified atom stereocenters. The fraction of sp³-hybridized carbons (Fsp3) is 0.375. The van der Waals surface area contributed by atoms with Crippen molar-refractivity contribution in [2.45, 2.75) is 45.4 Å². The molecule has 3 aromatic rings. The van der Waals surface area contributed by atoms with Crippen molar-refractivity contribution in [3.8, 4) is 11.3 Å². The van der Waals surface area contributed by atoms with Crippen molar-refractivity contribution in [3.05, 3.63) is 59.7 Å². The van der Waals surface area contributed by atoms with Crippen molar-refractivity contribution in [2.24, 2.45) is 5.92 Å². The molecule has 1 fully saturated rings. The number of rotatable bonds is 4. The van der Waals surface area contributed by atoms with Gasteiger partial charge in [0.2, 0.25) is 0 Å². The fourth-order valence-electron chi connectivity index (χ4n) is 4.44. The monoisotopic (exact) mass is 363 g/mol. The topological polar surface area (TPSA) is 42.1 Å². The lowest BCUT2D eigenvalue weighted by Crippen LogP contribution is -2.23. The van der Waals surface area contributed by atoms with Crippen molar-refractivity contribution in [1.29, 1.82) is 0 Å². The van der Waals surface area contributed by atoms with Crippen molar-refractivity contribution in [3.63, 3.8) is 0 Å². The number of aryl methyl sites for hydroxylation is 1. The molecular formula is C24H29NO2.